The van der Waals surface area contributed by atoms with Crippen molar-refractivity contribution in [1.29, 1.82) is 0 Å². The summed E-state index contributed by atoms with van der Waals surface area (Å²) in [5.41, 5.74) is 1.74. The third-order valence-electron chi connectivity index (χ3n) is 2.90. The lowest BCUT2D eigenvalue weighted by Gasteiger charge is -2.15. The van der Waals surface area contributed by atoms with Gasteiger partial charge in [-0.05, 0) is 34.7 Å². The van der Waals surface area contributed by atoms with Crippen molar-refractivity contribution >= 4 is 50.8 Å². The van der Waals surface area contributed by atoms with Crippen molar-refractivity contribution in [2.24, 2.45) is 0 Å². The van der Waals surface area contributed by atoms with Crippen molar-refractivity contribution in [3.05, 3.63) is 31.8 Å². The van der Waals surface area contributed by atoms with E-state index in [1.54, 1.807) is 0 Å². The molecule has 0 aromatic carbocycles. The number of hydrogen-bond donors (Lipinski definition) is 0. The Bertz CT molecular complexity index is 785. The van der Waals surface area contributed by atoms with Gasteiger partial charge in [0.25, 0.3) is 3.90 Å². The lowest BCUT2D eigenvalue weighted by Crippen LogP contribution is -2.15. The minimum absolute atomic E-state index is 0.0684. The summed E-state index contributed by atoms with van der Waals surface area (Å²) in [4.78, 5) is 4.29. The Morgan fingerprint density at radius 2 is 1.90 bits per heavy atom. The first-order chi connectivity index (χ1) is 9.36. The molecule has 0 bridgehead atoms. The molecule has 3 aromatic heterocycles. The van der Waals surface area contributed by atoms with Gasteiger partial charge in [-0.1, -0.05) is 20.8 Å². The van der Waals surface area contributed by atoms with Crippen LogP contribution >= 0.6 is 45.2 Å². The second kappa shape index (κ2) is 4.93. The van der Waals surface area contributed by atoms with E-state index < -0.39 is 0 Å². The zero-order chi connectivity index (χ0) is 14.5. The maximum atomic E-state index is 5.67. The number of hydrogen-bond acceptors (Lipinski definition) is 4. The zero-order valence-electron chi connectivity index (χ0n) is 11.2. The fraction of sp³-hybridized carbons (Fsp3) is 0.308. The molecule has 7 heteroatoms. The minimum Gasteiger partial charge on any atom is -0.431 e. The molecule has 0 aliphatic carbocycles. The summed E-state index contributed by atoms with van der Waals surface area (Å²) in [6.45, 7) is 6.37. The monoisotopic (exact) mass is 494 g/mol. The van der Waals surface area contributed by atoms with E-state index in [1.807, 2.05) is 22.7 Å². The average Bonchev–Trinajstić information content (AvgIpc) is 2.90. The van der Waals surface area contributed by atoms with Crippen LogP contribution in [0.4, 0.5) is 0 Å². The molecule has 20 heavy (non-hydrogen) atoms. The lowest BCUT2D eigenvalue weighted by molar-refractivity contribution is 0.534. The first kappa shape index (κ1) is 14.2. The summed E-state index contributed by atoms with van der Waals surface area (Å²) in [5.74, 6) is 1.71. The van der Waals surface area contributed by atoms with Crippen LogP contribution in [0.5, 0.6) is 0 Å². The van der Waals surface area contributed by atoms with Gasteiger partial charge < -0.3 is 4.42 Å². The van der Waals surface area contributed by atoms with Crippen LogP contribution in [0.2, 0.25) is 0 Å². The molecule has 5 nitrogen and oxygen atoms in total. The summed E-state index contributed by atoms with van der Waals surface area (Å²) in [7, 11) is 0. The van der Waals surface area contributed by atoms with Crippen molar-refractivity contribution in [2.75, 3.05) is 0 Å². The molecule has 3 heterocycles. The third kappa shape index (κ3) is 2.45. The highest BCUT2D eigenvalue weighted by Gasteiger charge is 2.21. The van der Waals surface area contributed by atoms with Crippen molar-refractivity contribution in [3.63, 3.8) is 0 Å². The summed E-state index contributed by atoms with van der Waals surface area (Å²) in [6.07, 6.45) is 2.01. The molecule has 0 atom stereocenters. The maximum Gasteiger partial charge on any atom is 0.258 e. The Hall–Kier alpha value is -0.710. The normalized spacial score (nSPS) is 12.2. The van der Waals surface area contributed by atoms with Crippen molar-refractivity contribution in [2.45, 2.75) is 26.2 Å². The van der Waals surface area contributed by atoms with Gasteiger partial charge in [0.1, 0.15) is 9.53 Å². The van der Waals surface area contributed by atoms with Gasteiger partial charge >= 0.3 is 0 Å². The molecule has 0 N–H and O–H groups in total. The van der Waals surface area contributed by atoms with Crippen molar-refractivity contribution in [1.82, 2.24) is 19.6 Å². The van der Waals surface area contributed by atoms with Crippen LogP contribution in [0.25, 0.3) is 17.0 Å². The number of oxazole rings is 1. The lowest BCUT2D eigenvalue weighted by atomic mass is 9.96. The van der Waals surface area contributed by atoms with E-state index in [9.17, 15) is 0 Å². The summed E-state index contributed by atoms with van der Waals surface area (Å²) < 4.78 is 9.18. The standard InChI is InChI=1S/C13H12I2N4O/c1-13(2,3)11-18-17-8-5-4-7(6-19(8)11)9-10(14)16-12(15)20-9/h4-6H,1-3H3. The van der Waals surface area contributed by atoms with E-state index in [2.05, 4.69) is 81.1 Å². The molecule has 0 aliphatic rings. The second-order valence-electron chi connectivity index (χ2n) is 5.51. The summed E-state index contributed by atoms with van der Waals surface area (Å²) in [6, 6.07) is 3.93. The van der Waals surface area contributed by atoms with Gasteiger partial charge in [0.15, 0.2) is 11.4 Å². The molecule has 3 rings (SSSR count). The highest BCUT2D eigenvalue weighted by molar-refractivity contribution is 14.1. The Morgan fingerprint density at radius 3 is 2.50 bits per heavy atom. The summed E-state index contributed by atoms with van der Waals surface area (Å²) in [5, 5.41) is 8.50. The molecular weight excluding hydrogens is 482 g/mol. The van der Waals surface area contributed by atoms with E-state index in [0.29, 0.717) is 3.90 Å². The molecule has 0 saturated carbocycles. The maximum absolute atomic E-state index is 5.67. The van der Waals surface area contributed by atoms with Crippen LogP contribution in [0.15, 0.2) is 22.7 Å². The molecule has 3 aromatic rings. The first-order valence-corrected chi connectivity index (χ1v) is 8.19. The van der Waals surface area contributed by atoms with E-state index in [4.69, 9.17) is 4.42 Å². The van der Waals surface area contributed by atoms with Gasteiger partial charge in [0.2, 0.25) is 0 Å². The molecule has 0 saturated heterocycles. The molecule has 0 unspecified atom stereocenters. The van der Waals surface area contributed by atoms with Gasteiger partial charge in [0.05, 0.1) is 0 Å². The van der Waals surface area contributed by atoms with E-state index in [-0.39, 0.29) is 5.41 Å². The van der Waals surface area contributed by atoms with Crippen LogP contribution in [0.1, 0.15) is 26.6 Å². The summed E-state index contributed by atoms with van der Waals surface area (Å²) >= 11 is 4.26. The van der Waals surface area contributed by atoms with Gasteiger partial charge in [0, 0.05) is 39.8 Å². The van der Waals surface area contributed by atoms with Crippen molar-refractivity contribution < 1.29 is 4.42 Å². The highest BCUT2D eigenvalue weighted by atomic mass is 127. The molecule has 0 spiro atoms. The topological polar surface area (TPSA) is 56.2 Å². The second-order valence-corrected chi connectivity index (χ2v) is 7.45. The number of halogens is 2. The SMILES string of the molecule is CC(C)(C)c1nnc2ccc(-c3oc(I)nc3I)cn12. The number of fused-ring (bicyclic) bond motifs is 1. The van der Waals surface area contributed by atoms with Crippen LogP contribution in [0, 0.1) is 7.60 Å². The largest absolute Gasteiger partial charge is 0.431 e. The van der Waals surface area contributed by atoms with Gasteiger partial charge in [-0.3, -0.25) is 4.40 Å². The third-order valence-corrected chi connectivity index (χ3v) is 4.09. The van der Waals surface area contributed by atoms with Gasteiger partial charge in [-0.25, -0.2) is 0 Å². The highest BCUT2D eigenvalue weighted by Crippen LogP contribution is 2.28. The van der Waals surface area contributed by atoms with Crippen LogP contribution < -0.4 is 0 Å². The Labute approximate surface area is 143 Å². The van der Waals surface area contributed by atoms with Gasteiger partial charge in [-0.2, -0.15) is 4.98 Å². The number of pyridine rings is 1. The predicted octanol–water partition coefficient (Wildman–Crippen LogP) is 3.89. The molecule has 0 radical (unpaired) electrons. The number of rotatable bonds is 1. The molecular formula is C13H12I2N4O. The fourth-order valence-corrected chi connectivity index (χ4v) is 3.56. The van der Waals surface area contributed by atoms with E-state index >= 15 is 0 Å². The van der Waals surface area contributed by atoms with Crippen LogP contribution in [0.3, 0.4) is 0 Å². The molecule has 0 aliphatic heterocycles. The Morgan fingerprint density at radius 1 is 1.15 bits per heavy atom. The minimum atomic E-state index is -0.0684. The number of nitrogens with zero attached hydrogens (tertiary/aromatic N) is 4. The van der Waals surface area contributed by atoms with Crippen LogP contribution in [-0.4, -0.2) is 19.6 Å². The number of aromatic nitrogens is 4. The zero-order valence-corrected chi connectivity index (χ0v) is 15.5. The average molecular weight is 494 g/mol. The predicted molar refractivity (Wildman–Crippen MR) is 92.6 cm³/mol. The smallest absolute Gasteiger partial charge is 0.258 e. The molecule has 0 fully saturated rings. The molecule has 104 valence electrons. The quantitative estimate of drug-likeness (QED) is 0.482. The Kier molecular flexibility index (Phi) is 3.51. The molecule has 0 amide bonds. The fourth-order valence-electron chi connectivity index (χ4n) is 1.99. The van der Waals surface area contributed by atoms with Crippen LogP contribution in [-0.2, 0) is 5.41 Å². The van der Waals surface area contributed by atoms with Crippen molar-refractivity contribution in [3.8, 4) is 11.3 Å². The first-order valence-electron chi connectivity index (χ1n) is 6.04. The van der Waals surface area contributed by atoms with E-state index in [0.717, 1.165) is 26.5 Å². The Balaban J connectivity index is 2.22. The van der Waals surface area contributed by atoms with Gasteiger partial charge in [-0.15, -0.1) is 10.2 Å². The van der Waals surface area contributed by atoms with E-state index in [1.165, 1.54) is 0 Å².